The van der Waals surface area contributed by atoms with E-state index < -0.39 is 0 Å². The molecule has 2 aliphatic rings. The van der Waals surface area contributed by atoms with E-state index in [1.165, 1.54) is 57.8 Å². The number of hydrogen-bond donors (Lipinski definition) is 2. The molecule has 116 valence electrons. The van der Waals surface area contributed by atoms with Crippen LogP contribution < -0.4 is 10.6 Å². The Kier molecular flexibility index (Phi) is 7.20. The minimum Gasteiger partial charge on any atom is -0.378 e. The summed E-state index contributed by atoms with van der Waals surface area (Å²) in [6.45, 7) is 1.82. The molecule has 20 heavy (non-hydrogen) atoms. The van der Waals surface area contributed by atoms with E-state index in [1.807, 2.05) is 7.05 Å². The van der Waals surface area contributed by atoms with Crippen molar-refractivity contribution in [3.8, 4) is 0 Å². The Bertz CT molecular complexity index is 281. The SMILES string of the molecule is CN=C(NCCCOC1CCCCC1)NC1CCCC1. The highest BCUT2D eigenvalue weighted by Gasteiger charge is 2.16. The number of nitrogens with one attached hydrogen (secondary N) is 2. The molecule has 0 unspecified atom stereocenters. The lowest BCUT2D eigenvalue weighted by molar-refractivity contribution is 0.0277. The molecule has 0 bridgehead atoms. The van der Waals surface area contributed by atoms with Gasteiger partial charge in [-0.3, -0.25) is 4.99 Å². The average Bonchev–Trinajstić information content (AvgIpc) is 3.00. The van der Waals surface area contributed by atoms with Gasteiger partial charge in [-0.1, -0.05) is 32.1 Å². The third-order valence-corrected chi connectivity index (χ3v) is 4.44. The Labute approximate surface area is 123 Å². The minimum atomic E-state index is 0.527. The number of guanidine groups is 1. The number of rotatable bonds is 6. The first-order valence-electron chi connectivity index (χ1n) is 8.47. The predicted molar refractivity (Wildman–Crippen MR) is 84.2 cm³/mol. The molecular formula is C16H31N3O. The maximum absolute atomic E-state index is 5.93. The molecular weight excluding hydrogens is 250 g/mol. The summed E-state index contributed by atoms with van der Waals surface area (Å²) in [4.78, 5) is 4.29. The van der Waals surface area contributed by atoms with E-state index in [0.29, 0.717) is 12.1 Å². The molecule has 0 aromatic rings. The van der Waals surface area contributed by atoms with Gasteiger partial charge in [-0.25, -0.2) is 0 Å². The second kappa shape index (κ2) is 9.22. The Morgan fingerprint density at radius 3 is 2.45 bits per heavy atom. The summed E-state index contributed by atoms with van der Waals surface area (Å²) in [6.07, 6.45) is 13.5. The zero-order valence-electron chi connectivity index (χ0n) is 13.0. The highest BCUT2D eigenvalue weighted by atomic mass is 16.5. The number of aliphatic imine (C=N–C) groups is 1. The molecule has 0 aromatic carbocycles. The second-order valence-corrected chi connectivity index (χ2v) is 6.11. The first kappa shape index (κ1) is 15.6. The number of nitrogens with zero attached hydrogens (tertiary/aromatic N) is 1. The van der Waals surface area contributed by atoms with Crippen molar-refractivity contribution in [1.82, 2.24) is 10.6 Å². The molecule has 4 heteroatoms. The van der Waals surface area contributed by atoms with E-state index in [0.717, 1.165) is 25.5 Å². The highest BCUT2D eigenvalue weighted by Crippen LogP contribution is 2.20. The van der Waals surface area contributed by atoms with Crippen molar-refractivity contribution in [1.29, 1.82) is 0 Å². The normalized spacial score (nSPS) is 22.1. The fourth-order valence-corrected chi connectivity index (χ4v) is 3.22. The van der Waals surface area contributed by atoms with E-state index in [4.69, 9.17) is 4.74 Å². The lowest BCUT2D eigenvalue weighted by Gasteiger charge is -2.22. The van der Waals surface area contributed by atoms with Crippen molar-refractivity contribution < 1.29 is 4.74 Å². The molecule has 2 aliphatic carbocycles. The zero-order chi connectivity index (χ0) is 14.0. The molecule has 2 fully saturated rings. The van der Waals surface area contributed by atoms with Crippen LogP contribution in [0.4, 0.5) is 0 Å². The summed E-state index contributed by atoms with van der Waals surface area (Å²) < 4.78 is 5.93. The lowest BCUT2D eigenvalue weighted by atomic mass is 9.98. The molecule has 2 saturated carbocycles. The van der Waals surface area contributed by atoms with Crippen LogP contribution >= 0.6 is 0 Å². The van der Waals surface area contributed by atoms with E-state index in [9.17, 15) is 0 Å². The first-order valence-corrected chi connectivity index (χ1v) is 8.47. The van der Waals surface area contributed by atoms with Crippen molar-refractivity contribution >= 4 is 5.96 Å². The zero-order valence-corrected chi connectivity index (χ0v) is 13.0. The predicted octanol–water partition coefficient (Wildman–Crippen LogP) is 2.83. The van der Waals surface area contributed by atoms with Gasteiger partial charge in [0.05, 0.1) is 6.10 Å². The van der Waals surface area contributed by atoms with E-state index in [-0.39, 0.29) is 0 Å². The van der Waals surface area contributed by atoms with Crippen molar-refractivity contribution in [3.05, 3.63) is 0 Å². The smallest absolute Gasteiger partial charge is 0.191 e. The summed E-state index contributed by atoms with van der Waals surface area (Å²) in [5.74, 6) is 0.953. The average molecular weight is 281 g/mol. The van der Waals surface area contributed by atoms with Crippen LogP contribution in [0.1, 0.15) is 64.2 Å². The van der Waals surface area contributed by atoms with E-state index in [2.05, 4.69) is 15.6 Å². The van der Waals surface area contributed by atoms with Gasteiger partial charge in [0.2, 0.25) is 0 Å². The molecule has 0 saturated heterocycles. The standard InChI is InChI=1S/C16H31N3O/c1-17-16(19-14-8-5-6-9-14)18-12-7-13-20-15-10-3-2-4-11-15/h14-15H,2-13H2,1H3,(H2,17,18,19). The number of hydrogen-bond acceptors (Lipinski definition) is 2. The van der Waals surface area contributed by atoms with Gasteiger partial charge in [-0.15, -0.1) is 0 Å². The van der Waals surface area contributed by atoms with E-state index in [1.54, 1.807) is 0 Å². The molecule has 0 atom stereocenters. The molecule has 2 rings (SSSR count). The molecule has 0 amide bonds. The fourth-order valence-electron chi connectivity index (χ4n) is 3.22. The van der Waals surface area contributed by atoms with Gasteiger partial charge in [0, 0.05) is 26.2 Å². The fraction of sp³-hybridized carbons (Fsp3) is 0.938. The highest BCUT2D eigenvalue weighted by molar-refractivity contribution is 5.79. The molecule has 0 radical (unpaired) electrons. The van der Waals surface area contributed by atoms with Crippen molar-refractivity contribution in [3.63, 3.8) is 0 Å². The van der Waals surface area contributed by atoms with Crippen molar-refractivity contribution in [2.45, 2.75) is 76.4 Å². The van der Waals surface area contributed by atoms with Crippen LogP contribution in [0.25, 0.3) is 0 Å². The third-order valence-electron chi connectivity index (χ3n) is 4.44. The molecule has 0 spiro atoms. The van der Waals surface area contributed by atoms with Gasteiger partial charge in [0.25, 0.3) is 0 Å². The van der Waals surface area contributed by atoms with Gasteiger partial charge >= 0.3 is 0 Å². The topological polar surface area (TPSA) is 45.7 Å². The van der Waals surface area contributed by atoms with Crippen LogP contribution in [0.2, 0.25) is 0 Å². The minimum absolute atomic E-state index is 0.527. The Morgan fingerprint density at radius 1 is 1.05 bits per heavy atom. The van der Waals surface area contributed by atoms with Crippen LogP contribution in [0, 0.1) is 0 Å². The number of ether oxygens (including phenoxy) is 1. The van der Waals surface area contributed by atoms with Crippen LogP contribution in [0.5, 0.6) is 0 Å². The summed E-state index contributed by atoms with van der Waals surface area (Å²) in [7, 11) is 1.85. The summed E-state index contributed by atoms with van der Waals surface area (Å²) in [5, 5.41) is 6.90. The Morgan fingerprint density at radius 2 is 1.75 bits per heavy atom. The first-order chi connectivity index (χ1) is 9.88. The molecule has 2 N–H and O–H groups in total. The van der Waals surface area contributed by atoms with Crippen LogP contribution in [0.3, 0.4) is 0 Å². The van der Waals surface area contributed by atoms with Gasteiger partial charge < -0.3 is 15.4 Å². The van der Waals surface area contributed by atoms with Crippen molar-refractivity contribution in [2.75, 3.05) is 20.2 Å². The maximum Gasteiger partial charge on any atom is 0.191 e. The van der Waals surface area contributed by atoms with Gasteiger partial charge in [0.15, 0.2) is 5.96 Å². The molecule has 0 heterocycles. The summed E-state index contributed by atoms with van der Waals surface area (Å²) >= 11 is 0. The summed E-state index contributed by atoms with van der Waals surface area (Å²) in [6, 6.07) is 0.625. The molecule has 4 nitrogen and oxygen atoms in total. The van der Waals surface area contributed by atoms with Gasteiger partial charge in [-0.05, 0) is 32.1 Å². The molecule has 0 aromatic heterocycles. The lowest BCUT2D eigenvalue weighted by Crippen LogP contribution is -2.42. The van der Waals surface area contributed by atoms with Crippen LogP contribution in [-0.4, -0.2) is 38.3 Å². The third kappa shape index (κ3) is 5.70. The largest absolute Gasteiger partial charge is 0.378 e. The maximum atomic E-state index is 5.93. The Balaban J connectivity index is 1.50. The monoisotopic (exact) mass is 281 g/mol. The van der Waals surface area contributed by atoms with Gasteiger partial charge in [-0.2, -0.15) is 0 Å². The summed E-state index contributed by atoms with van der Waals surface area (Å²) in [5.41, 5.74) is 0. The quantitative estimate of drug-likeness (QED) is 0.447. The molecule has 0 aliphatic heterocycles. The second-order valence-electron chi connectivity index (χ2n) is 6.11. The Hall–Kier alpha value is -0.770. The van der Waals surface area contributed by atoms with Crippen molar-refractivity contribution in [2.24, 2.45) is 4.99 Å². The van der Waals surface area contributed by atoms with Crippen LogP contribution in [-0.2, 0) is 4.74 Å². The van der Waals surface area contributed by atoms with Crippen LogP contribution in [0.15, 0.2) is 4.99 Å². The van der Waals surface area contributed by atoms with Gasteiger partial charge in [0.1, 0.15) is 0 Å². The van der Waals surface area contributed by atoms with E-state index >= 15 is 0 Å².